The molecule has 4 nitrogen and oxygen atoms in total. The van der Waals surface area contributed by atoms with Gasteiger partial charge in [-0.05, 0) is 138 Å². The Labute approximate surface area is 435 Å². The van der Waals surface area contributed by atoms with Crippen LogP contribution in [0, 0.1) is 0 Å². The van der Waals surface area contributed by atoms with Crippen molar-refractivity contribution in [2.24, 2.45) is 0 Å². The van der Waals surface area contributed by atoms with E-state index in [1.807, 2.05) is 60.7 Å². The monoisotopic (exact) mass is 933 g/mol. The predicted molar refractivity (Wildman–Crippen MR) is 297 cm³/mol. The van der Waals surface area contributed by atoms with Crippen molar-refractivity contribution < 1.29 is 22.9 Å². The molecule has 9 aromatic rings. The average Bonchev–Trinajstić information content (AvgIpc) is 1.000. The van der Waals surface area contributed by atoms with E-state index in [1.54, 1.807) is 6.07 Å². The normalized spacial score (nSPS) is 15.6. The number of pyridine rings is 1. The average molecular weight is 933 g/mol. The fraction of sp³-hybridized carbons (Fsp3) is 0.273. The Morgan fingerprint density at radius 2 is 1.19 bits per heavy atom. The first-order valence-electron chi connectivity index (χ1n) is 30.5. The molecule has 0 atom stereocenters. The first-order valence-corrected chi connectivity index (χ1v) is 24.0. The van der Waals surface area contributed by atoms with Crippen LogP contribution >= 0.6 is 0 Å². The van der Waals surface area contributed by atoms with Crippen LogP contribution in [-0.2, 0) is 16.2 Å². The van der Waals surface area contributed by atoms with E-state index >= 15 is 0 Å². The molecular weight excluding hydrogens is 851 g/mol. The number of rotatable bonds is 9. The molecule has 0 spiro atoms. The minimum atomic E-state index is -3.82. The lowest BCUT2D eigenvalue weighted by atomic mass is 9.84. The van der Waals surface area contributed by atoms with Crippen molar-refractivity contribution >= 4 is 11.0 Å². The second-order valence-corrected chi connectivity index (χ2v) is 21.2. The summed E-state index contributed by atoms with van der Waals surface area (Å²) in [4.78, 5) is 10.4. The first kappa shape index (κ1) is 34.3. The zero-order valence-corrected chi connectivity index (χ0v) is 41.7. The Balaban J connectivity index is 1.33. The van der Waals surface area contributed by atoms with Crippen molar-refractivity contribution in [3.05, 3.63) is 192 Å². The van der Waals surface area contributed by atoms with Crippen LogP contribution in [0.5, 0.6) is 5.75 Å². The summed E-state index contributed by atoms with van der Waals surface area (Å²) in [5.41, 5.74) is 7.60. The van der Waals surface area contributed by atoms with Crippen LogP contribution in [0.25, 0.3) is 83.9 Å². The molecule has 0 radical (unpaired) electrons. The molecule has 1 N–H and O–H groups in total. The molecule has 4 heteroatoms. The number of phenols is 1. The molecule has 0 aliphatic carbocycles. The number of aromatic hydroxyl groups is 1. The third-order valence-corrected chi connectivity index (χ3v) is 13.2. The molecule has 0 unspecified atom stereocenters. The Bertz CT molecular complexity index is 3890. The maximum atomic E-state index is 12.5. The molecule has 2 heterocycles. The van der Waals surface area contributed by atoms with Crippen LogP contribution in [0.15, 0.2) is 164 Å². The van der Waals surface area contributed by atoms with Crippen LogP contribution in [0.3, 0.4) is 0 Å². The molecule has 7 aromatic carbocycles. The van der Waals surface area contributed by atoms with Crippen LogP contribution in [0.2, 0.25) is 0 Å². The summed E-state index contributed by atoms with van der Waals surface area (Å²) in [6.45, 7) is 10.1. The molecule has 0 fully saturated rings. The maximum absolute atomic E-state index is 12.5. The molecule has 0 saturated carbocycles. The second-order valence-electron chi connectivity index (χ2n) is 21.2. The van der Waals surface area contributed by atoms with Gasteiger partial charge in [0.05, 0.1) is 33.5 Å². The minimum absolute atomic E-state index is 0.0141. The molecule has 0 bridgehead atoms. The van der Waals surface area contributed by atoms with Gasteiger partial charge >= 0.3 is 0 Å². The highest BCUT2D eigenvalue weighted by Gasteiger charge is 2.27. The number of para-hydroxylation sites is 1. The molecule has 0 aliphatic rings. The van der Waals surface area contributed by atoms with E-state index in [9.17, 15) is 7.85 Å². The second kappa shape index (κ2) is 18.4. The van der Waals surface area contributed by atoms with Gasteiger partial charge in [0.25, 0.3) is 0 Å². The Hall–Kier alpha value is -7.04. The first-order chi connectivity index (χ1) is 38.6. The van der Waals surface area contributed by atoms with E-state index in [1.165, 1.54) is 17.8 Å². The molecule has 2 aromatic heterocycles. The van der Waals surface area contributed by atoms with E-state index in [4.69, 9.17) is 25.0 Å². The lowest BCUT2D eigenvalue weighted by Gasteiger charge is -2.24. The van der Waals surface area contributed by atoms with Crippen molar-refractivity contribution in [2.45, 2.75) is 118 Å². The fourth-order valence-corrected chi connectivity index (χ4v) is 9.07. The number of phenolic OH excluding ortho intramolecular Hbond substituents is 1. The SMILES string of the molecule is [2H]c1c([2H])c(C(C([2H])([2H])[2H])(C([2H])([2H])[2H])C([2H])([2H])[2H])c([2H])c([2H])c1-c1ccnc(-c2cc(-c3ccccc3)cc(-c3cccc4c3nc(-c3cc(C(C)C)cc(C(C)C)c3O)n4-c3cc(C(C)(C)C)ccc3-c3ccc(C(C)(C)C)cc3)c2)c1. The third-order valence-electron chi connectivity index (χ3n) is 13.2. The minimum Gasteiger partial charge on any atom is -0.507 e. The lowest BCUT2D eigenvalue weighted by molar-refractivity contribution is 0.466. The van der Waals surface area contributed by atoms with Gasteiger partial charge in [-0.2, -0.15) is 0 Å². The molecule has 0 amide bonds. The Morgan fingerprint density at radius 3 is 1.84 bits per heavy atom. The molecular formula is C66H69N3O. The maximum Gasteiger partial charge on any atom is 0.149 e. The van der Waals surface area contributed by atoms with E-state index in [-0.39, 0.29) is 39.5 Å². The molecule has 354 valence electrons. The van der Waals surface area contributed by atoms with E-state index in [2.05, 4.69) is 134 Å². The summed E-state index contributed by atoms with van der Waals surface area (Å²) < 4.78 is 113. The summed E-state index contributed by atoms with van der Waals surface area (Å²) in [5, 5.41) is 12.5. The zero-order chi connectivity index (χ0) is 60.8. The topological polar surface area (TPSA) is 50.9 Å². The highest BCUT2D eigenvalue weighted by atomic mass is 16.3. The number of benzene rings is 7. The van der Waals surface area contributed by atoms with Gasteiger partial charge in [-0.15, -0.1) is 0 Å². The number of imidazole rings is 1. The van der Waals surface area contributed by atoms with Crippen LogP contribution in [-0.4, -0.2) is 19.6 Å². The zero-order valence-electron chi connectivity index (χ0n) is 54.7. The van der Waals surface area contributed by atoms with Gasteiger partial charge in [-0.3, -0.25) is 9.55 Å². The van der Waals surface area contributed by atoms with Gasteiger partial charge < -0.3 is 5.11 Å². The van der Waals surface area contributed by atoms with Gasteiger partial charge in [0.2, 0.25) is 0 Å². The van der Waals surface area contributed by atoms with Crippen LogP contribution in [0.1, 0.15) is 147 Å². The quantitative estimate of drug-likeness (QED) is 0.157. The van der Waals surface area contributed by atoms with Gasteiger partial charge in [-0.25, -0.2) is 4.98 Å². The molecule has 70 heavy (non-hydrogen) atoms. The van der Waals surface area contributed by atoms with Crippen LogP contribution in [0.4, 0.5) is 0 Å². The summed E-state index contributed by atoms with van der Waals surface area (Å²) in [7, 11) is 0. The van der Waals surface area contributed by atoms with E-state index in [0.29, 0.717) is 28.2 Å². The predicted octanol–water partition coefficient (Wildman–Crippen LogP) is 18.3. The third kappa shape index (κ3) is 9.49. The van der Waals surface area contributed by atoms with Gasteiger partial charge in [0, 0.05) is 35.2 Å². The Kier molecular flexibility index (Phi) is 9.00. The number of hydrogen-bond acceptors (Lipinski definition) is 3. The van der Waals surface area contributed by atoms with Crippen molar-refractivity contribution in [3.63, 3.8) is 0 Å². The van der Waals surface area contributed by atoms with E-state index < -0.39 is 55.7 Å². The fourth-order valence-electron chi connectivity index (χ4n) is 9.07. The number of nitrogens with zero attached hydrogens (tertiary/aromatic N) is 3. The number of hydrogen-bond donors (Lipinski definition) is 1. The summed E-state index contributed by atoms with van der Waals surface area (Å²) in [6.07, 6.45) is 1.44. The standard InChI is InChI=1S/C66H69N3O/c1-41(2)47-37-56(42(3)4)62(70)57(38-47)63-68-61-55(20-17-21-59(61)69(63)60-40-53(66(11,12)13)30-31-54(60)45-24-28-52(29-25-45)65(8,9)10)49-34-48(43-18-15-14-16-19-43)35-50(36-49)58-39-46(32-33-67-58)44-22-26-51(27-23-44)64(5,6)7/h14-42,70H,1-13H3/i5D3,6D3,7D3,22D,23D,26D,27D. The largest absolute Gasteiger partial charge is 0.507 e. The van der Waals surface area contributed by atoms with Crippen molar-refractivity contribution in [3.8, 4) is 78.6 Å². The smallest absolute Gasteiger partial charge is 0.149 e. The Morgan fingerprint density at radius 1 is 0.514 bits per heavy atom. The highest BCUT2D eigenvalue weighted by Crippen LogP contribution is 2.45. The van der Waals surface area contributed by atoms with Crippen molar-refractivity contribution in [1.82, 2.24) is 14.5 Å². The van der Waals surface area contributed by atoms with Gasteiger partial charge in [-0.1, -0.05) is 199 Å². The summed E-state index contributed by atoms with van der Waals surface area (Å²) >= 11 is 0. The highest BCUT2D eigenvalue weighted by molar-refractivity contribution is 5.98. The van der Waals surface area contributed by atoms with Gasteiger partial charge in [0.1, 0.15) is 11.6 Å². The van der Waals surface area contributed by atoms with Crippen molar-refractivity contribution in [1.29, 1.82) is 0 Å². The van der Waals surface area contributed by atoms with E-state index in [0.717, 1.165) is 61.3 Å². The lowest BCUT2D eigenvalue weighted by Crippen LogP contribution is -2.13. The molecule has 9 rings (SSSR count). The molecule has 0 saturated heterocycles. The van der Waals surface area contributed by atoms with Crippen molar-refractivity contribution in [2.75, 3.05) is 0 Å². The summed E-state index contributed by atoms with van der Waals surface area (Å²) in [5.74, 6) is 0.799. The van der Waals surface area contributed by atoms with Gasteiger partial charge in [0.15, 0.2) is 0 Å². The van der Waals surface area contributed by atoms with Crippen LogP contribution < -0.4 is 0 Å². The number of aromatic nitrogens is 3. The summed E-state index contributed by atoms with van der Waals surface area (Å²) in [6, 6.07) is 40.4. The molecule has 0 aliphatic heterocycles. The number of fused-ring (bicyclic) bond motifs is 1.